The largest absolute Gasteiger partial charge is 0.251 e. The molecule has 0 aliphatic carbocycles. The van der Waals surface area contributed by atoms with Gasteiger partial charge in [-0.15, -0.1) is 0 Å². The van der Waals surface area contributed by atoms with E-state index in [-0.39, 0.29) is 5.02 Å². The van der Waals surface area contributed by atoms with Gasteiger partial charge in [-0.3, -0.25) is 0 Å². The lowest BCUT2D eigenvalue weighted by Gasteiger charge is -1.98. The van der Waals surface area contributed by atoms with Crippen molar-refractivity contribution in [1.82, 2.24) is 4.98 Å². The van der Waals surface area contributed by atoms with Gasteiger partial charge in [0.25, 0.3) is 5.95 Å². The second-order valence-electron chi connectivity index (χ2n) is 1.81. The summed E-state index contributed by atoms with van der Waals surface area (Å²) in [4.78, 5) is 2.92. The average Bonchev–Trinajstić information content (AvgIpc) is 2.02. The predicted octanol–water partition coefficient (Wildman–Crippen LogP) is 2.54. The quantitative estimate of drug-likeness (QED) is 0.615. The van der Waals surface area contributed by atoms with E-state index in [1.807, 2.05) is 0 Å². The summed E-state index contributed by atoms with van der Waals surface area (Å²) < 4.78 is 25.1. The van der Waals surface area contributed by atoms with Crippen molar-refractivity contribution in [2.45, 2.75) is 0 Å². The maximum absolute atomic E-state index is 12.6. The van der Waals surface area contributed by atoms with Gasteiger partial charge < -0.3 is 0 Å². The highest BCUT2D eigenvalue weighted by molar-refractivity contribution is 6.41. The third-order valence-corrected chi connectivity index (χ3v) is 1.85. The number of hydrogen-bond donors (Lipinski definition) is 0. The van der Waals surface area contributed by atoms with E-state index in [1.165, 1.54) is 6.07 Å². The van der Waals surface area contributed by atoms with E-state index in [1.54, 1.807) is 0 Å². The predicted molar refractivity (Wildman–Crippen MR) is 38.9 cm³/mol. The summed E-state index contributed by atoms with van der Waals surface area (Å²) in [5.74, 6) is -2.81. The summed E-state index contributed by atoms with van der Waals surface area (Å²) in [7, 11) is 0. The molecule has 0 atom stereocenters. The summed E-state index contributed by atoms with van der Waals surface area (Å²) in [5.41, 5.74) is -0.630. The molecule has 0 saturated carbocycles. The van der Waals surface area contributed by atoms with Crippen LogP contribution in [0.2, 0.25) is 10.2 Å². The molecule has 0 fully saturated rings. The molecule has 1 aromatic rings. The number of aromatic nitrogens is 1. The Hall–Kier alpha value is -0.920. The second-order valence-corrected chi connectivity index (χ2v) is 2.54. The molecular formula is C6Cl2F2N2. The number of hydrogen-bond acceptors (Lipinski definition) is 2. The Labute approximate surface area is 76.3 Å². The van der Waals surface area contributed by atoms with Crippen LogP contribution in [0, 0.1) is 23.1 Å². The number of nitriles is 1. The minimum absolute atomic E-state index is 0.377. The molecule has 12 heavy (non-hydrogen) atoms. The normalized spacial score (nSPS) is 9.58. The van der Waals surface area contributed by atoms with Crippen molar-refractivity contribution in [3.63, 3.8) is 0 Å². The zero-order chi connectivity index (χ0) is 9.30. The molecule has 0 saturated heterocycles. The van der Waals surface area contributed by atoms with Crippen LogP contribution < -0.4 is 0 Å². The van der Waals surface area contributed by atoms with Gasteiger partial charge in [0.05, 0.1) is 5.02 Å². The number of rotatable bonds is 0. The van der Waals surface area contributed by atoms with Crippen LogP contribution in [0.3, 0.4) is 0 Å². The van der Waals surface area contributed by atoms with Crippen molar-refractivity contribution in [3.8, 4) is 6.07 Å². The highest BCUT2D eigenvalue weighted by Crippen LogP contribution is 2.26. The average molecular weight is 209 g/mol. The molecule has 0 aromatic carbocycles. The Kier molecular flexibility index (Phi) is 2.46. The molecule has 62 valence electrons. The third kappa shape index (κ3) is 1.33. The van der Waals surface area contributed by atoms with E-state index in [4.69, 9.17) is 28.5 Å². The van der Waals surface area contributed by atoms with Crippen LogP contribution in [0.25, 0.3) is 0 Å². The third-order valence-electron chi connectivity index (χ3n) is 1.11. The highest BCUT2D eigenvalue weighted by atomic mass is 35.5. The summed E-state index contributed by atoms with van der Waals surface area (Å²) in [6, 6.07) is 1.37. The van der Waals surface area contributed by atoms with Gasteiger partial charge in [-0.25, -0.2) is 9.37 Å². The molecule has 1 aromatic heterocycles. The molecule has 0 N–H and O–H groups in total. The lowest BCUT2D eigenvalue weighted by atomic mass is 10.3. The van der Waals surface area contributed by atoms with Crippen molar-refractivity contribution in [1.29, 1.82) is 5.26 Å². The van der Waals surface area contributed by atoms with Crippen molar-refractivity contribution in [2.24, 2.45) is 0 Å². The first-order chi connectivity index (χ1) is 5.57. The van der Waals surface area contributed by atoms with Crippen LogP contribution in [-0.4, -0.2) is 4.98 Å². The van der Waals surface area contributed by atoms with Gasteiger partial charge in [0.1, 0.15) is 11.6 Å². The fraction of sp³-hybridized carbons (Fsp3) is 0. The SMILES string of the molecule is N#Cc1c(F)c(F)nc(Cl)c1Cl. The highest BCUT2D eigenvalue weighted by Gasteiger charge is 2.17. The minimum Gasteiger partial charge on any atom is -0.204 e. The van der Waals surface area contributed by atoms with E-state index in [2.05, 4.69) is 4.98 Å². The van der Waals surface area contributed by atoms with Gasteiger partial charge in [-0.05, 0) is 0 Å². The molecule has 0 spiro atoms. The van der Waals surface area contributed by atoms with Gasteiger partial charge in [0.2, 0.25) is 0 Å². The lowest BCUT2D eigenvalue weighted by molar-refractivity contribution is 0.477. The molecule has 0 amide bonds. The molecule has 1 heterocycles. The van der Waals surface area contributed by atoms with Crippen LogP contribution in [0.1, 0.15) is 5.56 Å². The molecule has 0 aliphatic heterocycles. The monoisotopic (exact) mass is 208 g/mol. The minimum atomic E-state index is -1.43. The van der Waals surface area contributed by atoms with E-state index < -0.39 is 22.5 Å². The summed E-state index contributed by atoms with van der Waals surface area (Å²) in [6.07, 6.45) is 0. The van der Waals surface area contributed by atoms with E-state index in [9.17, 15) is 8.78 Å². The van der Waals surface area contributed by atoms with E-state index in [0.717, 1.165) is 0 Å². The molecule has 0 radical (unpaired) electrons. The first-order valence-corrected chi connectivity index (χ1v) is 3.43. The van der Waals surface area contributed by atoms with Crippen molar-refractivity contribution in [2.75, 3.05) is 0 Å². The van der Waals surface area contributed by atoms with Crippen molar-refractivity contribution in [3.05, 3.63) is 27.5 Å². The van der Waals surface area contributed by atoms with Gasteiger partial charge in [0.15, 0.2) is 11.0 Å². The maximum Gasteiger partial charge on any atom is 0.251 e. The Morgan fingerprint density at radius 2 is 1.92 bits per heavy atom. The molecule has 6 heteroatoms. The zero-order valence-corrected chi connectivity index (χ0v) is 6.92. The van der Waals surface area contributed by atoms with Gasteiger partial charge in [0, 0.05) is 0 Å². The smallest absolute Gasteiger partial charge is 0.204 e. The summed E-state index contributed by atoms with van der Waals surface area (Å²) in [5, 5.41) is 7.52. The standard InChI is InChI=1S/C6Cl2F2N2/c7-3-2(1-11)4(9)6(10)12-5(3)8. The van der Waals surface area contributed by atoms with Crippen LogP contribution in [0.15, 0.2) is 0 Å². The van der Waals surface area contributed by atoms with Crippen LogP contribution in [0.5, 0.6) is 0 Å². The first-order valence-electron chi connectivity index (χ1n) is 2.68. The van der Waals surface area contributed by atoms with Gasteiger partial charge in [-0.2, -0.15) is 9.65 Å². The molecular weight excluding hydrogens is 209 g/mol. The maximum atomic E-state index is 12.6. The van der Waals surface area contributed by atoms with Crippen LogP contribution >= 0.6 is 23.2 Å². The number of halogens is 4. The Morgan fingerprint density at radius 3 is 2.42 bits per heavy atom. The zero-order valence-electron chi connectivity index (χ0n) is 5.41. The Morgan fingerprint density at radius 1 is 1.33 bits per heavy atom. The van der Waals surface area contributed by atoms with Gasteiger partial charge in [-0.1, -0.05) is 23.2 Å². The van der Waals surface area contributed by atoms with Crippen LogP contribution in [-0.2, 0) is 0 Å². The lowest BCUT2D eigenvalue weighted by Crippen LogP contribution is -1.96. The molecule has 0 unspecified atom stereocenters. The summed E-state index contributed by atoms with van der Waals surface area (Å²) in [6.45, 7) is 0. The Balaban J connectivity index is 3.56. The van der Waals surface area contributed by atoms with Crippen molar-refractivity contribution >= 4 is 23.2 Å². The van der Waals surface area contributed by atoms with Crippen LogP contribution in [0.4, 0.5) is 8.78 Å². The fourth-order valence-corrected chi connectivity index (χ4v) is 0.921. The Bertz CT molecular complexity index is 347. The molecule has 1 rings (SSSR count). The fourth-order valence-electron chi connectivity index (χ4n) is 0.585. The topological polar surface area (TPSA) is 36.7 Å². The summed E-state index contributed by atoms with van der Waals surface area (Å²) >= 11 is 10.6. The molecule has 2 nitrogen and oxygen atoms in total. The molecule has 0 aliphatic rings. The number of nitrogens with zero attached hydrogens (tertiary/aromatic N) is 2. The van der Waals surface area contributed by atoms with Gasteiger partial charge >= 0.3 is 0 Å². The van der Waals surface area contributed by atoms with Crippen molar-refractivity contribution < 1.29 is 8.78 Å². The number of pyridine rings is 1. The van der Waals surface area contributed by atoms with E-state index >= 15 is 0 Å². The first kappa shape index (κ1) is 9.17. The second kappa shape index (κ2) is 3.21. The van der Waals surface area contributed by atoms with E-state index in [0.29, 0.717) is 0 Å². The molecule has 0 bridgehead atoms.